The van der Waals surface area contributed by atoms with E-state index in [1.165, 1.54) is 0 Å². The Kier molecular flexibility index (Phi) is 4.43. The molecule has 4 N–H and O–H groups in total. The van der Waals surface area contributed by atoms with Crippen molar-refractivity contribution in [2.75, 3.05) is 11.9 Å². The molecule has 1 amide bonds. The molecule has 0 radical (unpaired) electrons. The summed E-state index contributed by atoms with van der Waals surface area (Å²) >= 11 is 0. The Labute approximate surface area is 130 Å². The molecule has 2 heterocycles. The average molecular weight is 300 g/mol. The van der Waals surface area contributed by atoms with E-state index in [-0.39, 0.29) is 11.8 Å². The lowest BCUT2D eigenvalue weighted by Crippen LogP contribution is -2.28. The Balaban J connectivity index is 1.69. The molecule has 1 aliphatic rings. The number of pyridine rings is 1. The lowest BCUT2D eigenvalue weighted by atomic mass is 9.80. The molecular weight excluding hydrogens is 276 g/mol. The molecule has 0 spiro atoms. The molecule has 118 valence electrons. The van der Waals surface area contributed by atoms with Gasteiger partial charge in [-0.1, -0.05) is 0 Å². The summed E-state index contributed by atoms with van der Waals surface area (Å²) in [5, 5.41) is 4.11. The van der Waals surface area contributed by atoms with Crippen LogP contribution in [0.25, 0.3) is 11.0 Å². The van der Waals surface area contributed by atoms with E-state index in [1.54, 1.807) is 6.20 Å². The quantitative estimate of drug-likeness (QED) is 0.811. The Morgan fingerprint density at radius 2 is 2.18 bits per heavy atom. The molecule has 0 bridgehead atoms. The first-order valence-electron chi connectivity index (χ1n) is 8.12. The predicted molar refractivity (Wildman–Crippen MR) is 88.6 cm³/mol. The van der Waals surface area contributed by atoms with Crippen LogP contribution in [-0.2, 0) is 4.79 Å². The van der Waals surface area contributed by atoms with Crippen molar-refractivity contribution in [3.63, 3.8) is 0 Å². The summed E-state index contributed by atoms with van der Waals surface area (Å²) in [6, 6.07) is 1.96. The number of fused-ring (bicyclic) bond motifs is 1. The van der Waals surface area contributed by atoms with Gasteiger partial charge in [0.05, 0.1) is 5.69 Å². The van der Waals surface area contributed by atoms with Gasteiger partial charge in [0.2, 0.25) is 5.91 Å². The Morgan fingerprint density at radius 3 is 2.91 bits per heavy atom. The number of nitrogens with zero attached hydrogens (tertiary/aromatic N) is 1. The van der Waals surface area contributed by atoms with Gasteiger partial charge in [0.1, 0.15) is 5.65 Å². The van der Waals surface area contributed by atoms with Crippen LogP contribution in [0.4, 0.5) is 5.69 Å². The molecule has 0 aromatic carbocycles. The van der Waals surface area contributed by atoms with Gasteiger partial charge in [-0.25, -0.2) is 4.98 Å². The number of nitrogens with two attached hydrogens (primary N) is 1. The van der Waals surface area contributed by atoms with Crippen molar-refractivity contribution in [1.82, 2.24) is 9.97 Å². The molecule has 0 atom stereocenters. The lowest BCUT2D eigenvalue weighted by molar-refractivity contribution is -0.121. The van der Waals surface area contributed by atoms with Gasteiger partial charge >= 0.3 is 0 Å². The smallest absolute Gasteiger partial charge is 0.227 e. The van der Waals surface area contributed by atoms with Crippen molar-refractivity contribution in [1.29, 1.82) is 0 Å². The van der Waals surface area contributed by atoms with Crippen LogP contribution >= 0.6 is 0 Å². The van der Waals surface area contributed by atoms with Crippen LogP contribution in [0, 0.1) is 18.8 Å². The highest BCUT2D eigenvalue weighted by atomic mass is 16.1. The number of nitrogens with one attached hydrogen (secondary N) is 2. The number of H-pyrrole nitrogens is 1. The minimum atomic E-state index is 0.121. The number of aryl methyl sites for hydroxylation is 1. The number of hydrogen-bond acceptors (Lipinski definition) is 3. The van der Waals surface area contributed by atoms with Gasteiger partial charge in [0.25, 0.3) is 0 Å². The van der Waals surface area contributed by atoms with E-state index in [2.05, 4.69) is 15.3 Å². The monoisotopic (exact) mass is 300 g/mol. The number of hydrogen-bond donors (Lipinski definition) is 3. The van der Waals surface area contributed by atoms with E-state index in [1.807, 2.05) is 19.2 Å². The molecule has 3 rings (SSSR count). The summed E-state index contributed by atoms with van der Waals surface area (Å²) in [5.74, 6) is 0.965. The van der Waals surface area contributed by atoms with Crippen LogP contribution in [-0.4, -0.2) is 22.4 Å². The van der Waals surface area contributed by atoms with Crippen molar-refractivity contribution in [3.8, 4) is 0 Å². The van der Waals surface area contributed by atoms with Crippen LogP contribution in [0.15, 0.2) is 18.5 Å². The fraction of sp³-hybridized carbons (Fsp3) is 0.529. The van der Waals surface area contributed by atoms with Crippen molar-refractivity contribution in [2.24, 2.45) is 17.6 Å². The molecule has 1 aliphatic carbocycles. The van der Waals surface area contributed by atoms with Gasteiger partial charge < -0.3 is 16.0 Å². The van der Waals surface area contributed by atoms with Gasteiger partial charge in [-0.2, -0.15) is 0 Å². The fourth-order valence-corrected chi connectivity index (χ4v) is 3.45. The molecule has 5 nitrogen and oxygen atoms in total. The Morgan fingerprint density at radius 1 is 1.41 bits per heavy atom. The Hall–Kier alpha value is -1.88. The standard InChI is InChI=1S/C17H24N4O/c1-11-10-20-16-14(7-9-19-16)15(11)21-17(22)13-4-2-12(3-5-13)6-8-18/h7,9-10,12-13H,2-6,8,18H2,1H3,(H2,19,20,21,22). The van der Waals surface area contributed by atoms with Crippen LogP contribution in [0.3, 0.4) is 0 Å². The molecule has 0 aliphatic heterocycles. The first-order chi connectivity index (χ1) is 10.7. The molecular formula is C17H24N4O. The van der Waals surface area contributed by atoms with Gasteiger partial charge in [-0.3, -0.25) is 4.79 Å². The summed E-state index contributed by atoms with van der Waals surface area (Å²) in [4.78, 5) is 20.0. The third-order valence-corrected chi connectivity index (χ3v) is 4.82. The third kappa shape index (κ3) is 2.99. The summed E-state index contributed by atoms with van der Waals surface area (Å²) in [6.45, 7) is 2.73. The normalized spacial score (nSPS) is 21.9. The highest BCUT2D eigenvalue weighted by Crippen LogP contribution is 2.32. The number of carbonyl (C=O) groups is 1. The second kappa shape index (κ2) is 6.48. The molecule has 2 aromatic heterocycles. The van der Waals surface area contributed by atoms with E-state index in [4.69, 9.17) is 5.73 Å². The lowest BCUT2D eigenvalue weighted by Gasteiger charge is -2.27. The molecule has 22 heavy (non-hydrogen) atoms. The molecule has 0 saturated heterocycles. The van der Waals surface area contributed by atoms with E-state index in [0.29, 0.717) is 5.92 Å². The SMILES string of the molecule is Cc1cnc2[nH]ccc2c1NC(=O)C1CCC(CCN)CC1. The Bertz CT molecular complexity index is 656. The minimum absolute atomic E-state index is 0.121. The van der Waals surface area contributed by atoms with Crippen molar-refractivity contribution < 1.29 is 4.79 Å². The second-order valence-electron chi connectivity index (χ2n) is 6.34. The number of anilines is 1. The second-order valence-corrected chi connectivity index (χ2v) is 6.34. The topological polar surface area (TPSA) is 83.8 Å². The molecule has 1 saturated carbocycles. The van der Waals surface area contributed by atoms with Crippen LogP contribution < -0.4 is 11.1 Å². The average Bonchev–Trinajstić information content (AvgIpc) is 3.00. The summed E-state index contributed by atoms with van der Waals surface area (Å²) < 4.78 is 0. The maximum absolute atomic E-state index is 12.6. The van der Waals surface area contributed by atoms with E-state index < -0.39 is 0 Å². The van der Waals surface area contributed by atoms with Gasteiger partial charge in [-0.05, 0) is 63.1 Å². The van der Waals surface area contributed by atoms with Crippen LogP contribution in [0.2, 0.25) is 0 Å². The molecule has 1 fully saturated rings. The zero-order valence-electron chi connectivity index (χ0n) is 13.1. The summed E-state index contributed by atoms with van der Waals surface area (Å²) in [6.07, 6.45) is 8.90. The first kappa shape index (κ1) is 15.0. The largest absolute Gasteiger partial charge is 0.346 e. The van der Waals surface area contributed by atoms with Crippen molar-refractivity contribution >= 4 is 22.6 Å². The highest BCUT2D eigenvalue weighted by molar-refractivity contribution is 6.02. The zero-order chi connectivity index (χ0) is 15.5. The van der Waals surface area contributed by atoms with E-state index in [9.17, 15) is 4.79 Å². The molecule has 0 unspecified atom stereocenters. The molecule has 2 aromatic rings. The summed E-state index contributed by atoms with van der Waals surface area (Å²) in [7, 11) is 0. The maximum Gasteiger partial charge on any atom is 0.227 e. The van der Waals surface area contributed by atoms with Crippen molar-refractivity contribution in [2.45, 2.75) is 39.0 Å². The number of amides is 1. The highest BCUT2D eigenvalue weighted by Gasteiger charge is 2.26. The van der Waals surface area contributed by atoms with Gasteiger partial charge in [0, 0.05) is 23.7 Å². The number of rotatable bonds is 4. The van der Waals surface area contributed by atoms with Gasteiger partial charge in [0.15, 0.2) is 0 Å². The van der Waals surface area contributed by atoms with Crippen molar-refractivity contribution in [3.05, 3.63) is 24.0 Å². The van der Waals surface area contributed by atoms with E-state index >= 15 is 0 Å². The number of aromatic nitrogens is 2. The number of carbonyl (C=O) groups excluding carboxylic acids is 1. The van der Waals surface area contributed by atoms with Crippen LogP contribution in [0.1, 0.15) is 37.7 Å². The van der Waals surface area contributed by atoms with E-state index in [0.717, 1.165) is 60.9 Å². The first-order valence-corrected chi connectivity index (χ1v) is 8.12. The number of aromatic amines is 1. The maximum atomic E-state index is 12.6. The fourth-order valence-electron chi connectivity index (χ4n) is 3.45. The summed E-state index contributed by atoms with van der Waals surface area (Å²) in [5.41, 5.74) is 8.33. The van der Waals surface area contributed by atoms with Gasteiger partial charge in [-0.15, -0.1) is 0 Å². The third-order valence-electron chi connectivity index (χ3n) is 4.82. The van der Waals surface area contributed by atoms with Crippen LogP contribution in [0.5, 0.6) is 0 Å². The minimum Gasteiger partial charge on any atom is -0.346 e. The predicted octanol–water partition coefficient (Wildman–Crippen LogP) is 2.97. The zero-order valence-corrected chi connectivity index (χ0v) is 13.1. The molecule has 5 heteroatoms.